The molecule has 1 saturated heterocycles. The fraction of sp³-hybridized carbons (Fsp3) is 0.300. The Morgan fingerprint density at radius 1 is 1.10 bits per heavy atom. The number of nitrogen functional groups attached to an aromatic ring is 1. The molecule has 42 heavy (non-hydrogen) atoms. The highest BCUT2D eigenvalue weighted by Gasteiger charge is 2.19. The van der Waals surface area contributed by atoms with Crippen molar-refractivity contribution >= 4 is 40.7 Å². The Labute approximate surface area is 249 Å². The van der Waals surface area contributed by atoms with Gasteiger partial charge in [0.05, 0.1) is 25.4 Å². The summed E-state index contributed by atoms with van der Waals surface area (Å²) in [6, 6.07) is 15.4. The van der Waals surface area contributed by atoms with Crippen molar-refractivity contribution in [3.05, 3.63) is 81.9 Å². The first kappa shape index (κ1) is 30.6. The van der Waals surface area contributed by atoms with Crippen LogP contribution in [0.3, 0.4) is 0 Å². The fourth-order valence-electron chi connectivity index (χ4n) is 4.50. The summed E-state index contributed by atoms with van der Waals surface area (Å²) in [5, 5.41) is 23.3. The second kappa shape index (κ2) is 14.5. The summed E-state index contributed by atoms with van der Waals surface area (Å²) in [7, 11) is 0. The van der Waals surface area contributed by atoms with Crippen LogP contribution in [-0.4, -0.2) is 67.2 Å². The number of carbonyl (C=O) groups is 2. The number of ether oxygens (including phenoxy) is 3. The minimum absolute atomic E-state index is 0.0672. The molecule has 6 N–H and O–H groups in total. The number of hydrogen-bond acceptors (Lipinski definition) is 8. The Balaban J connectivity index is 1.60. The number of nitrogens with two attached hydrogens (primary N) is 1. The van der Waals surface area contributed by atoms with Crippen molar-refractivity contribution in [3.8, 4) is 11.5 Å². The third kappa shape index (κ3) is 8.35. The van der Waals surface area contributed by atoms with Crippen molar-refractivity contribution in [2.24, 2.45) is 5.73 Å². The van der Waals surface area contributed by atoms with E-state index in [1.165, 1.54) is 0 Å². The number of benzene rings is 3. The van der Waals surface area contributed by atoms with Gasteiger partial charge in [-0.1, -0.05) is 11.6 Å². The van der Waals surface area contributed by atoms with Crippen LogP contribution >= 0.6 is 11.6 Å². The van der Waals surface area contributed by atoms with Crippen molar-refractivity contribution < 1.29 is 28.9 Å². The van der Waals surface area contributed by atoms with E-state index in [2.05, 4.69) is 15.5 Å². The van der Waals surface area contributed by atoms with Gasteiger partial charge < -0.3 is 35.7 Å². The van der Waals surface area contributed by atoms with Gasteiger partial charge in [-0.3, -0.25) is 15.1 Å². The molecule has 1 fully saturated rings. The van der Waals surface area contributed by atoms with Gasteiger partial charge in [-0.2, -0.15) is 0 Å². The number of anilines is 2. The molecule has 3 aromatic carbocycles. The number of carboxylic acid groups (broad SMARTS) is 1. The lowest BCUT2D eigenvalue weighted by Gasteiger charge is -2.27. The molecule has 1 heterocycles. The van der Waals surface area contributed by atoms with Crippen LogP contribution in [0.5, 0.6) is 11.5 Å². The molecule has 4 rings (SSSR count). The highest BCUT2D eigenvalue weighted by Crippen LogP contribution is 2.35. The van der Waals surface area contributed by atoms with Gasteiger partial charge in [0.15, 0.2) is 18.1 Å². The molecule has 222 valence electrons. The number of morpholine rings is 1. The molecule has 1 amide bonds. The van der Waals surface area contributed by atoms with Gasteiger partial charge in [0, 0.05) is 53.7 Å². The number of halogens is 1. The first-order chi connectivity index (χ1) is 20.2. The summed E-state index contributed by atoms with van der Waals surface area (Å²) in [6.07, 6.45) is 0. The molecule has 11 nitrogen and oxygen atoms in total. The van der Waals surface area contributed by atoms with Gasteiger partial charge in [0.25, 0.3) is 5.91 Å². The van der Waals surface area contributed by atoms with E-state index in [0.29, 0.717) is 71.0 Å². The first-order valence-electron chi connectivity index (χ1n) is 13.5. The van der Waals surface area contributed by atoms with E-state index >= 15 is 0 Å². The monoisotopic (exact) mass is 595 g/mol. The standard InChI is InChI=1S/C30H34ClN5O6/c1-2-41-26-14-19(17-36-9-11-40-12-10-36)13-21(28(26)42-18-27(37)38)16-34-25-8-5-22(31)15-24(25)30(39)35-23-6-3-20(4-7-23)29(32)33/h3-8,13-15,34H,2,9-12,16-18H2,1H3,(H3,32,33)(H,35,39)(H,37,38). The van der Waals surface area contributed by atoms with Crippen molar-refractivity contribution in [1.29, 1.82) is 5.41 Å². The molecule has 0 saturated carbocycles. The van der Waals surface area contributed by atoms with Gasteiger partial charge in [-0.05, 0) is 67.1 Å². The van der Waals surface area contributed by atoms with Gasteiger partial charge >= 0.3 is 5.97 Å². The van der Waals surface area contributed by atoms with Gasteiger partial charge in [-0.15, -0.1) is 0 Å². The quantitative estimate of drug-likeness (QED) is 0.144. The molecule has 1 aliphatic rings. The van der Waals surface area contributed by atoms with Crippen molar-refractivity contribution in [1.82, 2.24) is 4.90 Å². The number of carbonyl (C=O) groups excluding carboxylic acids is 1. The Morgan fingerprint density at radius 3 is 2.50 bits per heavy atom. The van der Waals surface area contributed by atoms with Gasteiger partial charge in [-0.25, -0.2) is 4.79 Å². The number of rotatable bonds is 13. The van der Waals surface area contributed by atoms with Crippen LogP contribution in [0.1, 0.15) is 34.0 Å². The van der Waals surface area contributed by atoms with Crippen LogP contribution in [0.25, 0.3) is 0 Å². The molecular weight excluding hydrogens is 562 g/mol. The van der Waals surface area contributed by atoms with Crippen LogP contribution in [-0.2, 0) is 22.6 Å². The van der Waals surface area contributed by atoms with Crippen molar-refractivity contribution in [3.63, 3.8) is 0 Å². The third-order valence-corrected chi connectivity index (χ3v) is 6.73. The maximum absolute atomic E-state index is 13.3. The topological polar surface area (TPSA) is 159 Å². The summed E-state index contributed by atoms with van der Waals surface area (Å²) in [6.45, 7) is 5.47. The number of hydrogen-bond donors (Lipinski definition) is 5. The van der Waals surface area contributed by atoms with E-state index in [9.17, 15) is 14.7 Å². The average Bonchev–Trinajstić information content (AvgIpc) is 2.96. The molecule has 12 heteroatoms. The Bertz CT molecular complexity index is 1430. The molecule has 0 aromatic heterocycles. The summed E-state index contributed by atoms with van der Waals surface area (Å²) in [5.74, 6) is -0.800. The maximum Gasteiger partial charge on any atom is 0.341 e. The van der Waals surface area contributed by atoms with Gasteiger partial charge in [0.1, 0.15) is 5.84 Å². The SMILES string of the molecule is CCOc1cc(CN2CCOCC2)cc(CNc2ccc(Cl)cc2C(=O)Nc2ccc(C(=N)N)cc2)c1OCC(=O)O. The molecule has 0 bridgehead atoms. The molecule has 3 aromatic rings. The third-order valence-electron chi connectivity index (χ3n) is 6.49. The number of amidine groups is 1. The predicted octanol–water partition coefficient (Wildman–Crippen LogP) is 4.18. The fourth-order valence-corrected chi connectivity index (χ4v) is 4.68. The smallest absolute Gasteiger partial charge is 0.341 e. The van der Waals surface area contributed by atoms with Crippen LogP contribution in [0.2, 0.25) is 5.02 Å². The van der Waals surface area contributed by atoms with Crippen LogP contribution in [0, 0.1) is 5.41 Å². The van der Waals surface area contributed by atoms with Gasteiger partial charge in [0.2, 0.25) is 0 Å². The maximum atomic E-state index is 13.3. The minimum atomic E-state index is -1.11. The minimum Gasteiger partial charge on any atom is -0.490 e. The summed E-state index contributed by atoms with van der Waals surface area (Å²) in [5.41, 5.74) is 9.05. The normalized spacial score (nSPS) is 13.3. The highest BCUT2D eigenvalue weighted by atomic mass is 35.5. The number of carboxylic acids is 1. The number of amides is 1. The van der Waals surface area contributed by atoms with E-state index in [-0.39, 0.29) is 12.4 Å². The second-order valence-corrected chi connectivity index (χ2v) is 10.0. The van der Waals surface area contributed by atoms with Crippen molar-refractivity contribution in [2.75, 3.05) is 50.2 Å². The van der Waals surface area contributed by atoms with E-state index in [0.717, 1.165) is 18.7 Å². The Hall–Kier alpha value is -4.32. The molecule has 0 aliphatic carbocycles. The van der Waals surface area contributed by atoms with Crippen LogP contribution < -0.4 is 25.8 Å². The first-order valence-corrected chi connectivity index (χ1v) is 13.8. The number of aliphatic carboxylic acids is 1. The molecule has 1 aliphatic heterocycles. The second-order valence-electron chi connectivity index (χ2n) is 9.57. The Morgan fingerprint density at radius 2 is 1.83 bits per heavy atom. The average molecular weight is 596 g/mol. The zero-order chi connectivity index (χ0) is 30.1. The summed E-state index contributed by atoms with van der Waals surface area (Å²) < 4.78 is 17.0. The lowest BCUT2D eigenvalue weighted by Crippen LogP contribution is -2.35. The molecular formula is C30H34ClN5O6. The largest absolute Gasteiger partial charge is 0.490 e. The van der Waals surface area contributed by atoms with E-state index < -0.39 is 18.5 Å². The van der Waals surface area contributed by atoms with Crippen LogP contribution in [0.15, 0.2) is 54.6 Å². The Kier molecular flexibility index (Phi) is 10.6. The van der Waals surface area contributed by atoms with E-state index in [4.69, 9.17) is 37.0 Å². The summed E-state index contributed by atoms with van der Waals surface area (Å²) in [4.78, 5) is 26.9. The summed E-state index contributed by atoms with van der Waals surface area (Å²) >= 11 is 6.25. The van der Waals surface area contributed by atoms with Crippen LogP contribution in [0.4, 0.5) is 11.4 Å². The zero-order valence-electron chi connectivity index (χ0n) is 23.2. The molecule has 0 atom stereocenters. The zero-order valence-corrected chi connectivity index (χ0v) is 24.0. The number of nitrogens with one attached hydrogen (secondary N) is 3. The van der Waals surface area contributed by atoms with Crippen molar-refractivity contribution in [2.45, 2.75) is 20.0 Å². The molecule has 0 unspecified atom stereocenters. The molecule has 0 spiro atoms. The molecule has 0 radical (unpaired) electrons. The lowest BCUT2D eigenvalue weighted by atomic mass is 10.1. The van der Waals surface area contributed by atoms with E-state index in [1.54, 1.807) is 42.5 Å². The highest BCUT2D eigenvalue weighted by molar-refractivity contribution is 6.31. The number of nitrogens with zero attached hydrogens (tertiary/aromatic N) is 1. The predicted molar refractivity (Wildman–Crippen MR) is 161 cm³/mol. The lowest BCUT2D eigenvalue weighted by molar-refractivity contribution is -0.139. The van der Waals surface area contributed by atoms with E-state index in [1.807, 2.05) is 19.1 Å².